The van der Waals surface area contributed by atoms with Gasteiger partial charge in [-0.3, -0.25) is 9.59 Å². The lowest BCUT2D eigenvalue weighted by Gasteiger charge is -2.35. The van der Waals surface area contributed by atoms with Crippen molar-refractivity contribution in [3.8, 4) is 0 Å². The van der Waals surface area contributed by atoms with Crippen LogP contribution >= 0.6 is 12.1 Å². The first-order valence-electron chi connectivity index (χ1n) is 17.0. The maximum absolute atomic E-state index is 12.3. The van der Waals surface area contributed by atoms with Gasteiger partial charge in [0, 0.05) is 58.2 Å². The van der Waals surface area contributed by atoms with E-state index in [4.69, 9.17) is 19.4 Å². The molecule has 2 N–H and O–H groups in total. The summed E-state index contributed by atoms with van der Waals surface area (Å²) >= 11 is 1.77. The molecule has 0 saturated carbocycles. The van der Waals surface area contributed by atoms with Crippen molar-refractivity contribution in [1.29, 1.82) is 0 Å². The highest BCUT2D eigenvalue weighted by Gasteiger charge is 3.08. The lowest BCUT2D eigenvalue weighted by atomic mass is 9.97. The van der Waals surface area contributed by atoms with E-state index in [1.807, 2.05) is 0 Å². The van der Waals surface area contributed by atoms with Crippen molar-refractivity contribution in [2.75, 3.05) is 14.2 Å². The molecular formula is C38H38N6O4S. The van der Waals surface area contributed by atoms with Crippen molar-refractivity contribution in [1.82, 2.24) is 28.5 Å². The van der Waals surface area contributed by atoms with Gasteiger partial charge < -0.3 is 19.4 Å². The summed E-state index contributed by atoms with van der Waals surface area (Å²) in [4.78, 5) is 42.6. The van der Waals surface area contributed by atoms with Gasteiger partial charge in [0.05, 0.1) is 37.0 Å². The molecule has 10 nitrogen and oxygen atoms in total. The monoisotopic (exact) mass is 674 g/mol. The number of nitrogens with one attached hydrogen (secondary N) is 2. The van der Waals surface area contributed by atoms with Crippen molar-refractivity contribution >= 4 is 74.5 Å². The first-order chi connectivity index (χ1) is 23.7. The number of rotatable bonds is 8. The fourth-order valence-corrected chi connectivity index (χ4v) is 9.97. The quantitative estimate of drug-likeness (QED) is 0.143. The minimum absolute atomic E-state index is 0.0151. The summed E-state index contributed by atoms with van der Waals surface area (Å²) in [5, 5.41) is 0. The Labute approximate surface area is 288 Å². The highest BCUT2D eigenvalue weighted by atomic mass is 32.2. The van der Waals surface area contributed by atoms with Crippen LogP contribution in [0.4, 0.5) is 0 Å². The molecule has 4 saturated heterocycles. The van der Waals surface area contributed by atoms with E-state index in [1.54, 1.807) is 12.1 Å². The number of carbonyl (C=O) groups excluding carboxylic acids is 2. The van der Waals surface area contributed by atoms with Gasteiger partial charge in [-0.15, -0.1) is 0 Å². The van der Waals surface area contributed by atoms with Crippen LogP contribution in [0.3, 0.4) is 0 Å². The van der Waals surface area contributed by atoms with Crippen molar-refractivity contribution < 1.29 is 19.1 Å². The number of nitrogens with zero attached hydrogens (tertiary/aromatic N) is 4. The van der Waals surface area contributed by atoms with Crippen molar-refractivity contribution in [2.24, 2.45) is 0 Å². The molecule has 3 aromatic heterocycles. The average Bonchev–Trinajstić information content (AvgIpc) is 3.36. The smallest absolute Gasteiger partial charge is 0.305 e. The van der Waals surface area contributed by atoms with Crippen molar-refractivity contribution in [3.63, 3.8) is 0 Å². The van der Waals surface area contributed by atoms with Gasteiger partial charge in [-0.25, -0.2) is 9.97 Å². The van der Waals surface area contributed by atoms with Crippen LogP contribution in [0, 0.1) is 6.92 Å². The molecule has 49 heavy (non-hydrogen) atoms. The van der Waals surface area contributed by atoms with E-state index in [0.717, 1.165) is 85.5 Å². The fourth-order valence-electron chi connectivity index (χ4n) is 8.48. The predicted octanol–water partition coefficient (Wildman–Crippen LogP) is 7.43. The van der Waals surface area contributed by atoms with E-state index in [9.17, 15) is 9.59 Å². The van der Waals surface area contributed by atoms with E-state index in [-0.39, 0.29) is 36.1 Å². The zero-order valence-electron chi connectivity index (χ0n) is 28.5. The fraction of sp³-hybridized carbons (Fsp3) is 0.368. The third-order valence-electron chi connectivity index (χ3n) is 11.2. The Balaban J connectivity index is 1.36. The third kappa shape index (κ3) is 3.92. The van der Waals surface area contributed by atoms with Gasteiger partial charge in [0.25, 0.3) is 0 Å². The van der Waals surface area contributed by atoms with Gasteiger partial charge in [-0.05, 0) is 103 Å². The maximum atomic E-state index is 12.3. The Morgan fingerprint density at radius 1 is 0.776 bits per heavy atom. The Hall–Kier alpha value is -4.45. The number of ether oxygens (including phenoxy) is 2. The lowest BCUT2D eigenvalue weighted by molar-refractivity contribution is -0.141. The predicted molar refractivity (Wildman–Crippen MR) is 192 cm³/mol. The van der Waals surface area contributed by atoms with Gasteiger partial charge >= 0.3 is 11.9 Å². The molecule has 0 amide bonds. The average molecular weight is 675 g/mol. The van der Waals surface area contributed by atoms with Gasteiger partial charge in [0.15, 0.2) is 11.3 Å². The molecule has 1 aliphatic carbocycles. The highest BCUT2D eigenvalue weighted by Crippen LogP contribution is 2.96. The zero-order valence-corrected chi connectivity index (χ0v) is 29.4. The summed E-state index contributed by atoms with van der Waals surface area (Å²) in [6.45, 7) is 8.57. The van der Waals surface area contributed by atoms with Crippen LogP contribution in [0.15, 0.2) is 30.3 Å². The molecule has 6 aliphatic heterocycles. The van der Waals surface area contributed by atoms with Crippen LogP contribution in [0.2, 0.25) is 0 Å². The Morgan fingerprint density at radius 2 is 1.39 bits per heavy atom. The summed E-state index contributed by atoms with van der Waals surface area (Å²) in [7, 11) is 2.87. The number of H-pyrrole nitrogens is 2. The molecule has 2 spiro atoms. The summed E-state index contributed by atoms with van der Waals surface area (Å²) < 4.78 is 14.9. The number of esters is 2. The van der Waals surface area contributed by atoms with Crippen LogP contribution in [0.1, 0.15) is 97.9 Å². The maximum Gasteiger partial charge on any atom is 0.305 e. The first kappa shape index (κ1) is 30.6. The molecule has 7 aliphatic rings. The summed E-state index contributed by atoms with van der Waals surface area (Å²) in [5.41, 5.74) is 16.5. The van der Waals surface area contributed by atoms with E-state index < -0.39 is 0 Å². The molecule has 0 radical (unpaired) electrons. The summed E-state index contributed by atoms with van der Waals surface area (Å²) in [5.74, 6) is -0.474. The number of fused-ring (bicyclic) bond motifs is 11. The molecule has 9 heterocycles. The lowest BCUT2D eigenvalue weighted by Crippen LogP contribution is -2.40. The van der Waals surface area contributed by atoms with Crippen LogP contribution < -0.4 is 0 Å². The zero-order chi connectivity index (χ0) is 34.0. The first-order valence-corrected chi connectivity index (χ1v) is 17.8. The van der Waals surface area contributed by atoms with Crippen molar-refractivity contribution in [2.45, 2.75) is 77.5 Å². The normalized spacial score (nSPS) is 25.0. The molecule has 11 heteroatoms. The summed E-state index contributed by atoms with van der Waals surface area (Å²) in [6.07, 6.45) is 7.89. The van der Waals surface area contributed by atoms with E-state index in [0.29, 0.717) is 12.8 Å². The second-order valence-corrected chi connectivity index (χ2v) is 14.4. The minimum atomic E-state index is -0.241. The largest absolute Gasteiger partial charge is 0.469 e. The number of hydrogen-bond donors (Lipinski definition) is 2. The minimum Gasteiger partial charge on any atom is -0.469 e. The van der Waals surface area contributed by atoms with E-state index in [1.165, 1.54) is 30.9 Å². The van der Waals surface area contributed by atoms with Gasteiger partial charge in [-0.1, -0.05) is 19.9 Å². The Morgan fingerprint density at radius 3 is 2.06 bits per heavy atom. The van der Waals surface area contributed by atoms with E-state index in [2.05, 4.69) is 82.7 Å². The topological polar surface area (TPSA) is 116 Å². The van der Waals surface area contributed by atoms with Gasteiger partial charge in [0.2, 0.25) is 0 Å². The molecule has 2 unspecified atom stereocenters. The molecule has 2 atom stereocenters. The molecule has 3 aromatic rings. The van der Waals surface area contributed by atoms with Crippen LogP contribution in [0.5, 0.6) is 0 Å². The SMILES string of the molecule is CCC1=C(CC)c2cc3[nH]c(cc4[nH]c(cc5nc(cc1n2)C(C)=C5CCC(=O)OC)c1c4C=CC24N5SN2C154)c(CCC(=O)OC)c3C. The Bertz CT molecular complexity index is 2300. The third-order valence-corrected chi connectivity index (χ3v) is 12.6. The molecule has 4 fully saturated rings. The highest BCUT2D eigenvalue weighted by molar-refractivity contribution is 7.98. The second-order valence-electron chi connectivity index (χ2n) is 13.5. The van der Waals surface area contributed by atoms with Crippen LogP contribution in [0.25, 0.3) is 50.4 Å². The molecule has 10 bridgehead atoms. The van der Waals surface area contributed by atoms with Crippen LogP contribution in [-0.2, 0) is 31.1 Å². The number of aryl methyl sites for hydroxylation is 2. The van der Waals surface area contributed by atoms with Crippen LogP contribution in [-0.4, -0.2) is 60.4 Å². The molecular weight excluding hydrogens is 637 g/mol. The number of methoxy groups -OCH3 is 2. The standard InChI is InChI=1S/C38H38N6O4S/c1-7-21-22(8-2)29-16-27-20(4)24(10-12-35(46)48-6)31(40-27)18-33-36-25(13-14-37-38(36)43(37)49-44(37)38)32(42-33)17-30-23(9-11-34(45)47-5)19(3)26(39-30)15-28(21)41-29/h13-18,39,42H,7-12H2,1-6H3. The molecule has 10 rings (SSSR count). The molecule has 0 aromatic carbocycles. The van der Waals surface area contributed by atoms with Gasteiger partial charge in [0.1, 0.15) is 0 Å². The number of hydrogen-bond acceptors (Lipinski definition) is 9. The number of allylic oxidation sites excluding steroid dienone is 4. The summed E-state index contributed by atoms with van der Waals surface area (Å²) in [6, 6.07) is 8.62. The van der Waals surface area contributed by atoms with E-state index >= 15 is 0 Å². The number of carbonyl (C=O) groups is 2. The number of aromatic amines is 2. The van der Waals surface area contributed by atoms with Gasteiger partial charge in [-0.2, -0.15) is 8.61 Å². The van der Waals surface area contributed by atoms with Crippen molar-refractivity contribution in [3.05, 3.63) is 75.4 Å². The second kappa shape index (κ2) is 10.5. The molecule has 250 valence electrons. The Kier molecular flexibility index (Phi) is 6.57. The number of aromatic nitrogens is 4.